The molecule has 1 rings (SSSR count). The topological polar surface area (TPSA) is 41.5 Å². The maximum atomic E-state index is 11.2. The van der Waals surface area contributed by atoms with Gasteiger partial charge in [-0.15, -0.1) is 0 Å². The number of carbonyl (C=O) groups is 1. The molecule has 0 spiro atoms. The summed E-state index contributed by atoms with van der Waals surface area (Å²) in [6, 6.07) is 0. The maximum Gasteiger partial charge on any atom is 0.217 e. The number of aliphatic imine (C=N–C) groups is 1. The molecule has 2 atom stereocenters. The quantitative estimate of drug-likeness (QED) is 0.0906. The Labute approximate surface area is 212 Å². The average Bonchev–Trinajstić information content (AvgIpc) is 3.23. The Morgan fingerprint density at radius 1 is 0.853 bits per heavy atom. The standard InChI is InChI=1S/C30H57N3O/c1-4-6-7-8-9-10-11-12-13-14-15-16-17-18-19-20-21-22-23-24-30-32-26-28-33(30,5-2)27-25-31-29(3)34/h18-19,26,30H,4-17,20-25,27-28H2,1-3H3/p+1/b19-18+. The monoisotopic (exact) mass is 476 g/mol. The molecule has 0 fully saturated rings. The summed E-state index contributed by atoms with van der Waals surface area (Å²) in [6.07, 6.45) is 32.0. The van der Waals surface area contributed by atoms with Crippen LogP contribution in [0.15, 0.2) is 17.1 Å². The molecule has 0 saturated heterocycles. The van der Waals surface area contributed by atoms with E-state index in [1.54, 1.807) is 6.92 Å². The summed E-state index contributed by atoms with van der Waals surface area (Å²) in [5, 5.41) is 2.96. The van der Waals surface area contributed by atoms with Crippen molar-refractivity contribution in [1.82, 2.24) is 5.32 Å². The summed E-state index contributed by atoms with van der Waals surface area (Å²) in [7, 11) is 0. The van der Waals surface area contributed by atoms with Gasteiger partial charge in [0.25, 0.3) is 0 Å². The first-order valence-corrected chi connectivity index (χ1v) is 14.9. The highest BCUT2D eigenvalue weighted by molar-refractivity contribution is 5.72. The van der Waals surface area contributed by atoms with E-state index in [9.17, 15) is 4.79 Å². The first-order valence-electron chi connectivity index (χ1n) is 14.9. The van der Waals surface area contributed by atoms with Gasteiger partial charge in [0.05, 0.1) is 25.8 Å². The number of hydrogen-bond acceptors (Lipinski definition) is 2. The highest BCUT2D eigenvalue weighted by atomic mass is 16.1. The van der Waals surface area contributed by atoms with E-state index in [0.29, 0.717) is 6.17 Å². The number of hydrogen-bond donors (Lipinski definition) is 1. The van der Waals surface area contributed by atoms with Gasteiger partial charge in [0.1, 0.15) is 6.54 Å². The number of quaternary nitrogens is 1. The van der Waals surface area contributed by atoms with E-state index in [2.05, 4.69) is 37.5 Å². The van der Waals surface area contributed by atoms with E-state index >= 15 is 0 Å². The fourth-order valence-electron chi connectivity index (χ4n) is 5.24. The SMILES string of the molecule is CCCCCCCCCCCCCC/C=C/CCCCCC1N=CC[N+]1(CC)CCNC(C)=O. The van der Waals surface area contributed by atoms with Gasteiger partial charge in [0.15, 0.2) is 6.17 Å². The van der Waals surface area contributed by atoms with Crippen molar-refractivity contribution in [1.29, 1.82) is 0 Å². The molecule has 1 N–H and O–H groups in total. The minimum atomic E-state index is 0.0674. The van der Waals surface area contributed by atoms with Crippen molar-refractivity contribution >= 4 is 12.1 Å². The van der Waals surface area contributed by atoms with Crippen molar-refractivity contribution in [3.05, 3.63) is 12.2 Å². The normalized spacial score (nSPS) is 19.9. The van der Waals surface area contributed by atoms with Gasteiger partial charge in [-0.2, -0.15) is 0 Å². The Kier molecular flexibility index (Phi) is 19.2. The molecule has 0 radical (unpaired) electrons. The Morgan fingerprint density at radius 2 is 1.38 bits per heavy atom. The first-order chi connectivity index (χ1) is 16.6. The van der Waals surface area contributed by atoms with Crippen LogP contribution in [-0.2, 0) is 4.79 Å². The zero-order valence-electron chi connectivity index (χ0n) is 23.2. The van der Waals surface area contributed by atoms with E-state index < -0.39 is 0 Å². The number of carbonyl (C=O) groups excluding carboxylic acids is 1. The van der Waals surface area contributed by atoms with Crippen LogP contribution in [0.5, 0.6) is 0 Å². The van der Waals surface area contributed by atoms with Crippen LogP contribution < -0.4 is 5.32 Å². The predicted octanol–water partition coefficient (Wildman–Crippen LogP) is 7.97. The molecule has 1 heterocycles. The number of likely N-dealkylation sites (N-methyl/N-ethyl adjacent to an activating group) is 1. The van der Waals surface area contributed by atoms with Crippen molar-refractivity contribution in [2.24, 2.45) is 4.99 Å². The Balaban J connectivity index is 1.93. The van der Waals surface area contributed by atoms with Crippen LogP contribution in [0.2, 0.25) is 0 Å². The van der Waals surface area contributed by atoms with Gasteiger partial charge in [0, 0.05) is 13.3 Å². The lowest BCUT2D eigenvalue weighted by atomic mass is 10.0. The zero-order chi connectivity index (χ0) is 24.7. The molecule has 4 heteroatoms. The molecule has 0 bridgehead atoms. The van der Waals surface area contributed by atoms with Gasteiger partial charge in [-0.05, 0) is 39.0 Å². The van der Waals surface area contributed by atoms with Crippen molar-refractivity contribution in [2.45, 2.75) is 143 Å². The zero-order valence-corrected chi connectivity index (χ0v) is 23.2. The van der Waals surface area contributed by atoms with Gasteiger partial charge in [0.2, 0.25) is 5.91 Å². The second-order valence-electron chi connectivity index (χ2n) is 10.5. The lowest BCUT2D eigenvalue weighted by molar-refractivity contribution is -0.935. The Morgan fingerprint density at radius 3 is 1.91 bits per heavy atom. The van der Waals surface area contributed by atoms with E-state index in [1.807, 2.05) is 0 Å². The molecule has 1 aliphatic heterocycles. The second kappa shape index (κ2) is 21.1. The van der Waals surface area contributed by atoms with Crippen LogP contribution in [0.3, 0.4) is 0 Å². The number of unbranched alkanes of at least 4 members (excludes halogenated alkanes) is 15. The van der Waals surface area contributed by atoms with Gasteiger partial charge in [-0.3, -0.25) is 9.28 Å². The smallest absolute Gasteiger partial charge is 0.217 e. The molecule has 34 heavy (non-hydrogen) atoms. The van der Waals surface area contributed by atoms with Gasteiger partial charge in [-0.25, -0.2) is 4.99 Å². The molecular weight excluding hydrogens is 418 g/mol. The average molecular weight is 477 g/mol. The van der Waals surface area contributed by atoms with Crippen LogP contribution in [0, 0.1) is 0 Å². The summed E-state index contributed by atoms with van der Waals surface area (Å²) in [5.74, 6) is 0.0674. The molecule has 198 valence electrons. The second-order valence-corrected chi connectivity index (χ2v) is 10.5. The third kappa shape index (κ3) is 15.0. The van der Waals surface area contributed by atoms with Crippen molar-refractivity contribution in [2.75, 3.05) is 26.2 Å². The number of nitrogens with zero attached hydrogens (tertiary/aromatic N) is 2. The highest BCUT2D eigenvalue weighted by Gasteiger charge is 2.37. The van der Waals surface area contributed by atoms with Crippen molar-refractivity contribution in [3.63, 3.8) is 0 Å². The summed E-state index contributed by atoms with van der Waals surface area (Å²) in [4.78, 5) is 16.0. The Bertz CT molecular complexity index is 545. The highest BCUT2D eigenvalue weighted by Crippen LogP contribution is 2.24. The van der Waals surface area contributed by atoms with Crippen molar-refractivity contribution < 1.29 is 9.28 Å². The van der Waals surface area contributed by atoms with Gasteiger partial charge >= 0.3 is 0 Å². The lowest BCUT2D eigenvalue weighted by Crippen LogP contribution is -2.55. The van der Waals surface area contributed by atoms with Crippen LogP contribution in [0.25, 0.3) is 0 Å². The number of nitrogens with one attached hydrogen (secondary N) is 1. The van der Waals surface area contributed by atoms with Crippen molar-refractivity contribution in [3.8, 4) is 0 Å². The third-order valence-electron chi connectivity index (χ3n) is 7.64. The summed E-state index contributed by atoms with van der Waals surface area (Å²) >= 11 is 0. The molecule has 1 aliphatic rings. The number of amides is 1. The van der Waals surface area contributed by atoms with E-state index in [0.717, 1.165) is 30.7 Å². The lowest BCUT2D eigenvalue weighted by Gasteiger charge is -2.38. The third-order valence-corrected chi connectivity index (χ3v) is 7.64. The number of allylic oxidation sites excluding steroid dienone is 2. The summed E-state index contributed by atoms with van der Waals surface area (Å²) in [5.41, 5.74) is 0. The van der Waals surface area contributed by atoms with Crippen LogP contribution in [0.4, 0.5) is 0 Å². The largest absolute Gasteiger partial charge is 0.351 e. The fourth-order valence-corrected chi connectivity index (χ4v) is 5.24. The maximum absolute atomic E-state index is 11.2. The number of rotatable bonds is 23. The van der Waals surface area contributed by atoms with Crippen LogP contribution in [-0.4, -0.2) is 48.9 Å². The summed E-state index contributed by atoms with van der Waals surface area (Å²) < 4.78 is 1.01. The minimum absolute atomic E-state index is 0.0674. The molecule has 4 nitrogen and oxygen atoms in total. The molecular formula is C30H58N3O+. The van der Waals surface area contributed by atoms with E-state index in [-0.39, 0.29) is 5.91 Å². The first kappa shape index (κ1) is 30.9. The molecule has 0 saturated carbocycles. The van der Waals surface area contributed by atoms with Gasteiger partial charge in [-0.1, -0.05) is 96.1 Å². The minimum Gasteiger partial charge on any atom is -0.351 e. The molecule has 0 aromatic carbocycles. The fraction of sp³-hybridized carbons (Fsp3) is 0.867. The summed E-state index contributed by atoms with van der Waals surface area (Å²) in [6.45, 7) is 10.0. The van der Waals surface area contributed by atoms with E-state index in [1.165, 1.54) is 116 Å². The van der Waals surface area contributed by atoms with Crippen LogP contribution in [0.1, 0.15) is 136 Å². The van der Waals surface area contributed by atoms with E-state index in [4.69, 9.17) is 4.99 Å². The molecule has 2 unspecified atom stereocenters. The van der Waals surface area contributed by atoms with Gasteiger partial charge < -0.3 is 5.32 Å². The molecule has 1 amide bonds. The van der Waals surface area contributed by atoms with Crippen LogP contribution >= 0.6 is 0 Å². The Hall–Kier alpha value is -1.16. The molecule has 0 aromatic heterocycles. The molecule has 0 aromatic rings. The molecule has 0 aliphatic carbocycles. The predicted molar refractivity (Wildman–Crippen MR) is 149 cm³/mol.